The first kappa shape index (κ1) is 76.8. The standard InChI is InChI=1S/C82H102N10O15/c1-47(2)58-41-53(76(97)89(9)31-17-29-87(5)6)23-25-62(58)91-64(72-66(102-11)19-15-20-67(72)103-12)43-60(85-91)74(95)83-81(55-35-49-33-50(37-55)38-56(81)36-49)79(101)106-70(93)27-28-71(94)107-80-45-51-34-52(46-80)40-57(39-51)82(80,78(99)100)84-75(96)61-44-65(73-68(104-13)21-16-22-69(73)105-14)92(86-61)63-26-24-54(42-59(63)48(3)4)77(98)90(10)32-18-30-88(7)8/h15-16,19-28,41-44,47-52,55-57H,17-18,29-40,45-46H2,1-14H3,(H,83,95)(H,84,96)(H,99,100)/b28-27-. The van der Waals surface area contributed by atoms with Gasteiger partial charge in [-0.05, 0) is 256 Å². The molecule has 8 aliphatic rings. The van der Waals surface area contributed by atoms with Gasteiger partial charge in [-0.15, -0.1) is 0 Å². The lowest BCUT2D eigenvalue weighted by Gasteiger charge is -2.64. The number of aromatic nitrogens is 4. The highest BCUT2D eigenvalue weighted by Gasteiger charge is 2.73. The lowest BCUT2D eigenvalue weighted by molar-refractivity contribution is -0.223. The lowest BCUT2D eigenvalue weighted by atomic mass is 9.46. The van der Waals surface area contributed by atoms with E-state index >= 15 is 14.4 Å². The minimum atomic E-state index is -2.20. The van der Waals surface area contributed by atoms with Gasteiger partial charge in [0.05, 0.1) is 62.3 Å². The van der Waals surface area contributed by atoms with E-state index in [0.717, 1.165) is 62.1 Å². The SMILES string of the molecule is COc1cccc(OC)c1-c1cc(C(=O)NC2(C(=O)OC(=O)/C=C\C(=O)OC34CC5CC(CC(C5)C3(NC(=O)c3cc(-c5c(OC)cccc5OC)n(-c5ccc(C(=O)N(C)CCCN(C)C)cc5C(C)C)n3)C(=O)O)C4)C3CC4CC(C3)CC2C4)nn1-c1ccc(C(=O)N(C)CCCN(C)C)cc1C(C)C. The van der Waals surface area contributed by atoms with Gasteiger partial charge in [-0.3, -0.25) is 19.2 Å². The summed E-state index contributed by atoms with van der Waals surface area (Å²) in [6, 6.07) is 24.4. The van der Waals surface area contributed by atoms with Crippen molar-refractivity contribution in [2.45, 2.75) is 133 Å². The Bertz CT molecular complexity index is 4370. The zero-order valence-electron chi connectivity index (χ0n) is 64.0. The number of carboxylic acids is 1. The van der Waals surface area contributed by atoms with Crippen LogP contribution in [0.1, 0.15) is 169 Å². The number of nitrogens with one attached hydrogen (secondary N) is 2. The average molecular weight is 1470 g/mol. The monoisotopic (exact) mass is 1470 g/mol. The number of amides is 4. The van der Waals surface area contributed by atoms with E-state index < -0.39 is 70.1 Å². The van der Waals surface area contributed by atoms with Gasteiger partial charge in [-0.1, -0.05) is 39.8 Å². The Balaban J connectivity index is 0.833. The summed E-state index contributed by atoms with van der Waals surface area (Å²) < 4.78 is 39.1. The third-order valence-electron chi connectivity index (χ3n) is 23.4. The number of benzene rings is 4. The van der Waals surface area contributed by atoms with E-state index in [2.05, 4.69) is 20.4 Å². The second-order valence-corrected chi connectivity index (χ2v) is 31.5. The summed E-state index contributed by atoms with van der Waals surface area (Å²) in [6.45, 7) is 10.7. The van der Waals surface area contributed by atoms with Crippen LogP contribution in [0, 0.1) is 41.4 Å². The lowest BCUT2D eigenvalue weighted by Crippen LogP contribution is -2.79. The Labute approximate surface area is 625 Å². The van der Waals surface area contributed by atoms with Crippen LogP contribution in [-0.2, 0) is 28.7 Å². The van der Waals surface area contributed by atoms with Gasteiger partial charge in [0, 0.05) is 50.5 Å². The van der Waals surface area contributed by atoms with Crippen molar-refractivity contribution in [2.75, 3.05) is 96.9 Å². The summed E-state index contributed by atoms with van der Waals surface area (Å²) >= 11 is 0. The first-order valence-electron chi connectivity index (χ1n) is 37.3. The predicted molar refractivity (Wildman–Crippen MR) is 400 cm³/mol. The minimum absolute atomic E-state index is 0.0598. The van der Waals surface area contributed by atoms with Crippen LogP contribution >= 0.6 is 0 Å². The molecule has 3 unspecified atom stereocenters. The zero-order chi connectivity index (χ0) is 76.7. The summed E-state index contributed by atoms with van der Waals surface area (Å²) in [5, 5.41) is 27.9. The van der Waals surface area contributed by atoms with E-state index in [1.165, 1.54) is 34.5 Å². The first-order valence-corrected chi connectivity index (χ1v) is 37.3. The normalized spacial score (nSPS) is 23.7. The maximum atomic E-state index is 15.4. The molecule has 8 aliphatic carbocycles. The van der Waals surface area contributed by atoms with E-state index in [1.807, 2.05) is 74.1 Å². The van der Waals surface area contributed by atoms with Crippen LogP contribution in [0.3, 0.4) is 0 Å². The molecule has 0 spiro atoms. The fourth-order valence-electron chi connectivity index (χ4n) is 18.8. The number of ether oxygens (including phenoxy) is 6. The van der Waals surface area contributed by atoms with Crippen molar-refractivity contribution in [2.24, 2.45) is 41.4 Å². The van der Waals surface area contributed by atoms with Crippen molar-refractivity contribution in [3.05, 3.63) is 131 Å². The second-order valence-electron chi connectivity index (χ2n) is 31.5. The highest BCUT2D eigenvalue weighted by Crippen LogP contribution is 2.63. The fraction of sp³-hybridized carbons (Fsp3) is 0.512. The fourth-order valence-corrected chi connectivity index (χ4v) is 18.8. The van der Waals surface area contributed by atoms with Crippen molar-refractivity contribution >= 4 is 47.5 Å². The van der Waals surface area contributed by atoms with Crippen molar-refractivity contribution in [3.8, 4) is 56.9 Å². The van der Waals surface area contributed by atoms with Gasteiger partial charge >= 0.3 is 23.9 Å². The molecule has 107 heavy (non-hydrogen) atoms. The predicted octanol–water partition coefficient (Wildman–Crippen LogP) is 10.6. The third kappa shape index (κ3) is 14.6. The van der Waals surface area contributed by atoms with Crippen molar-refractivity contribution < 1.29 is 71.9 Å². The molecule has 0 radical (unpaired) electrons. The number of rotatable bonds is 29. The van der Waals surface area contributed by atoms with Crippen molar-refractivity contribution in [1.29, 1.82) is 0 Å². The Morgan fingerprint density at radius 1 is 0.523 bits per heavy atom. The van der Waals surface area contributed by atoms with Crippen LogP contribution in [-0.4, -0.2) is 205 Å². The number of esters is 3. The van der Waals surface area contributed by atoms with Crippen LogP contribution in [0.4, 0.5) is 0 Å². The number of hydrogen-bond donors (Lipinski definition) is 3. The van der Waals surface area contributed by atoms with E-state index in [0.29, 0.717) is 120 Å². The van der Waals surface area contributed by atoms with Crippen LogP contribution in [0.5, 0.6) is 23.0 Å². The number of aliphatic carboxylic acids is 1. The molecule has 8 fully saturated rings. The van der Waals surface area contributed by atoms with Gasteiger partial charge in [0.25, 0.3) is 23.6 Å². The molecule has 2 heterocycles. The molecule has 25 nitrogen and oxygen atoms in total. The number of hydrogen-bond acceptors (Lipinski definition) is 18. The van der Waals surface area contributed by atoms with Gasteiger partial charge < -0.3 is 63.8 Å². The molecule has 4 amide bonds. The largest absolute Gasteiger partial charge is 0.496 e. The van der Waals surface area contributed by atoms with Crippen molar-refractivity contribution in [3.63, 3.8) is 0 Å². The molecule has 4 aromatic carbocycles. The number of methoxy groups -OCH3 is 4. The average Bonchev–Trinajstić information content (AvgIpc) is 1.09. The molecule has 8 bridgehead atoms. The summed E-state index contributed by atoms with van der Waals surface area (Å²) in [7, 11) is 17.6. The number of carboxylic acid groups (broad SMARTS) is 1. The number of nitrogens with zero attached hydrogens (tertiary/aromatic N) is 8. The number of carbonyl (C=O) groups excluding carboxylic acids is 7. The van der Waals surface area contributed by atoms with Crippen LogP contribution in [0.25, 0.3) is 33.9 Å². The quantitative estimate of drug-likeness (QED) is 0.0223. The summed E-state index contributed by atoms with van der Waals surface area (Å²) in [5.41, 5.74) is -0.773. The summed E-state index contributed by atoms with van der Waals surface area (Å²) in [4.78, 5) is 125. The molecule has 8 saturated carbocycles. The van der Waals surface area contributed by atoms with E-state index in [9.17, 15) is 29.1 Å². The molecular formula is C82H102N10O15. The van der Waals surface area contributed by atoms with Gasteiger partial charge in [-0.2, -0.15) is 10.2 Å². The van der Waals surface area contributed by atoms with Crippen molar-refractivity contribution in [1.82, 2.24) is 49.8 Å². The molecule has 570 valence electrons. The Kier molecular flexibility index (Phi) is 22.3. The first-order chi connectivity index (χ1) is 51.1. The molecule has 0 saturated heterocycles. The highest BCUT2D eigenvalue weighted by atomic mass is 16.6. The zero-order valence-corrected chi connectivity index (χ0v) is 64.0. The van der Waals surface area contributed by atoms with Gasteiger partial charge in [0.1, 0.15) is 34.1 Å². The Morgan fingerprint density at radius 3 is 1.33 bits per heavy atom. The number of carbonyl (C=O) groups is 8. The Hall–Kier alpha value is -9.88. The van der Waals surface area contributed by atoms with Gasteiger partial charge in [0.15, 0.2) is 16.9 Å². The van der Waals surface area contributed by atoms with Gasteiger partial charge in [-0.25, -0.2) is 28.5 Å². The third-order valence-corrected chi connectivity index (χ3v) is 23.4. The molecule has 25 heteroatoms. The molecule has 3 atom stereocenters. The topological polar surface area (TPSA) is 285 Å². The molecular weight excluding hydrogens is 1360 g/mol. The summed E-state index contributed by atoms with van der Waals surface area (Å²) in [6.07, 6.45) is 8.25. The maximum absolute atomic E-state index is 15.4. The van der Waals surface area contributed by atoms with E-state index in [-0.39, 0.29) is 71.6 Å². The van der Waals surface area contributed by atoms with Crippen LogP contribution in [0.15, 0.2) is 97.1 Å². The molecule has 14 rings (SSSR count). The Morgan fingerprint density at radius 2 is 0.925 bits per heavy atom. The van der Waals surface area contributed by atoms with E-state index in [4.69, 9.17) is 38.6 Å². The minimum Gasteiger partial charge on any atom is -0.496 e. The second kappa shape index (κ2) is 31.1. The molecule has 3 N–H and O–H groups in total. The van der Waals surface area contributed by atoms with Crippen LogP contribution in [0.2, 0.25) is 0 Å². The van der Waals surface area contributed by atoms with E-state index in [1.54, 1.807) is 93.9 Å². The summed E-state index contributed by atoms with van der Waals surface area (Å²) in [5.74, 6) is -6.44. The smallest absolute Gasteiger partial charge is 0.340 e. The van der Waals surface area contributed by atoms with Crippen LogP contribution < -0.4 is 29.6 Å². The van der Waals surface area contributed by atoms with Gasteiger partial charge in [0.2, 0.25) is 0 Å². The highest BCUT2D eigenvalue weighted by molar-refractivity contribution is 6.04. The molecule has 6 aromatic rings. The maximum Gasteiger partial charge on any atom is 0.340 e. The molecule has 2 aromatic heterocycles. The molecule has 0 aliphatic heterocycles.